The van der Waals surface area contributed by atoms with E-state index in [4.69, 9.17) is 11.2 Å². The second-order valence-corrected chi connectivity index (χ2v) is 3.58. The van der Waals surface area contributed by atoms with E-state index in [0.717, 1.165) is 26.1 Å². The Hall–Kier alpha value is -1.30. The van der Waals surface area contributed by atoms with Gasteiger partial charge in [0.2, 0.25) is 0 Å². The number of nitrogens with one attached hydrogen (secondary N) is 1. The van der Waals surface area contributed by atoms with Gasteiger partial charge in [0.1, 0.15) is 0 Å². The second-order valence-electron chi connectivity index (χ2n) is 3.58. The Kier molecular flexibility index (Phi) is 7.15. The van der Waals surface area contributed by atoms with Crippen LogP contribution in [0, 0.1) is 12.3 Å². The minimum absolute atomic E-state index is 0.676. The van der Waals surface area contributed by atoms with E-state index < -0.39 is 0 Å². The minimum Gasteiger partial charge on any atom is -0.380 e. The minimum atomic E-state index is 0.676. The average Bonchev–Trinajstić information content (AvgIpc) is 2.34. The second kappa shape index (κ2) is 8.96. The van der Waals surface area contributed by atoms with Gasteiger partial charge in [-0.15, -0.1) is 12.3 Å². The summed E-state index contributed by atoms with van der Waals surface area (Å²) in [4.78, 5) is 0. The topological polar surface area (TPSA) is 21.3 Å². The third-order valence-corrected chi connectivity index (χ3v) is 2.20. The highest BCUT2D eigenvalue weighted by Gasteiger charge is 1.91. The molecule has 0 aromatic heterocycles. The molecule has 2 heteroatoms. The fraction of sp³-hybridized carbons (Fsp3) is 0.429. The lowest BCUT2D eigenvalue weighted by Crippen LogP contribution is -2.16. The first-order valence-electron chi connectivity index (χ1n) is 5.69. The van der Waals surface area contributed by atoms with Crippen LogP contribution in [0.15, 0.2) is 30.3 Å². The monoisotopic (exact) mass is 217 g/mol. The number of ether oxygens (including phenoxy) is 1. The summed E-state index contributed by atoms with van der Waals surface area (Å²) in [5, 5.41) is 3.37. The molecule has 0 saturated carbocycles. The highest BCUT2D eigenvalue weighted by Crippen LogP contribution is 1.96. The van der Waals surface area contributed by atoms with Gasteiger partial charge in [-0.2, -0.15) is 0 Å². The van der Waals surface area contributed by atoms with Crippen molar-refractivity contribution >= 4 is 0 Å². The third-order valence-electron chi connectivity index (χ3n) is 2.20. The van der Waals surface area contributed by atoms with E-state index in [0.29, 0.717) is 13.0 Å². The van der Waals surface area contributed by atoms with Crippen molar-refractivity contribution < 1.29 is 4.74 Å². The van der Waals surface area contributed by atoms with E-state index in [1.54, 1.807) is 0 Å². The Labute approximate surface area is 98.0 Å². The van der Waals surface area contributed by atoms with Crippen molar-refractivity contribution in [3.8, 4) is 12.3 Å². The Morgan fingerprint density at radius 1 is 1.19 bits per heavy atom. The van der Waals surface area contributed by atoms with Crippen molar-refractivity contribution in [2.75, 3.05) is 19.8 Å². The summed E-state index contributed by atoms with van der Waals surface area (Å²) in [6.07, 6.45) is 6.84. The van der Waals surface area contributed by atoms with Crippen LogP contribution in [-0.2, 0) is 11.3 Å². The van der Waals surface area contributed by atoms with E-state index in [2.05, 4.69) is 35.5 Å². The quantitative estimate of drug-likeness (QED) is 0.532. The Morgan fingerprint density at radius 3 is 2.75 bits per heavy atom. The zero-order valence-corrected chi connectivity index (χ0v) is 9.61. The van der Waals surface area contributed by atoms with Gasteiger partial charge in [0.25, 0.3) is 0 Å². The van der Waals surface area contributed by atoms with Gasteiger partial charge in [0, 0.05) is 19.6 Å². The third kappa shape index (κ3) is 6.23. The molecule has 0 amide bonds. The van der Waals surface area contributed by atoms with E-state index in [9.17, 15) is 0 Å². The molecule has 0 saturated heterocycles. The lowest BCUT2D eigenvalue weighted by atomic mass is 10.2. The molecule has 1 aromatic rings. The maximum absolute atomic E-state index is 5.34. The van der Waals surface area contributed by atoms with Crippen LogP contribution in [0.25, 0.3) is 0 Å². The highest BCUT2D eigenvalue weighted by atomic mass is 16.5. The molecule has 1 aromatic carbocycles. The zero-order chi connectivity index (χ0) is 11.5. The van der Waals surface area contributed by atoms with Crippen LogP contribution in [0.1, 0.15) is 18.4 Å². The molecule has 0 unspecified atom stereocenters. The predicted octanol–water partition coefficient (Wildman–Crippen LogP) is 2.21. The summed E-state index contributed by atoms with van der Waals surface area (Å²) in [6.45, 7) is 3.36. The molecule has 0 spiro atoms. The van der Waals surface area contributed by atoms with E-state index in [1.165, 1.54) is 5.56 Å². The molecule has 1 N–H and O–H groups in total. The molecule has 2 nitrogen and oxygen atoms in total. The molecule has 16 heavy (non-hydrogen) atoms. The van der Waals surface area contributed by atoms with Gasteiger partial charge in [-0.25, -0.2) is 0 Å². The first-order valence-corrected chi connectivity index (χ1v) is 5.69. The summed E-state index contributed by atoms with van der Waals surface area (Å²) in [6, 6.07) is 10.4. The number of terminal acetylenes is 1. The Bertz CT molecular complexity index is 302. The van der Waals surface area contributed by atoms with Gasteiger partial charge in [-0.05, 0) is 18.5 Å². The SMILES string of the molecule is C#CCCOCCCNCc1ccccc1. The molecule has 0 fully saturated rings. The van der Waals surface area contributed by atoms with Gasteiger partial charge < -0.3 is 10.1 Å². The van der Waals surface area contributed by atoms with Gasteiger partial charge >= 0.3 is 0 Å². The van der Waals surface area contributed by atoms with Crippen LogP contribution >= 0.6 is 0 Å². The fourth-order valence-corrected chi connectivity index (χ4v) is 1.36. The van der Waals surface area contributed by atoms with Gasteiger partial charge in [-0.1, -0.05) is 30.3 Å². The zero-order valence-electron chi connectivity index (χ0n) is 9.61. The predicted molar refractivity (Wildman–Crippen MR) is 67.0 cm³/mol. The summed E-state index contributed by atoms with van der Waals surface area (Å²) in [7, 11) is 0. The molecule has 0 aliphatic carbocycles. The molecule has 0 heterocycles. The van der Waals surface area contributed by atoms with Crippen LogP contribution in [0.3, 0.4) is 0 Å². The number of rotatable bonds is 8. The summed E-state index contributed by atoms with van der Waals surface area (Å²) < 4.78 is 5.34. The van der Waals surface area contributed by atoms with Crippen LogP contribution in [0.2, 0.25) is 0 Å². The van der Waals surface area contributed by atoms with Crippen LogP contribution in [0.4, 0.5) is 0 Å². The number of hydrogen-bond acceptors (Lipinski definition) is 2. The van der Waals surface area contributed by atoms with Gasteiger partial charge in [-0.3, -0.25) is 0 Å². The van der Waals surface area contributed by atoms with Crippen molar-refractivity contribution in [2.24, 2.45) is 0 Å². The van der Waals surface area contributed by atoms with Crippen molar-refractivity contribution in [3.63, 3.8) is 0 Å². The molecular formula is C14H19NO. The Morgan fingerprint density at radius 2 is 2.00 bits per heavy atom. The van der Waals surface area contributed by atoms with Gasteiger partial charge in [0.05, 0.1) is 6.61 Å². The van der Waals surface area contributed by atoms with E-state index in [1.807, 2.05) is 6.07 Å². The van der Waals surface area contributed by atoms with E-state index >= 15 is 0 Å². The first-order chi connectivity index (χ1) is 7.93. The molecule has 0 bridgehead atoms. The lowest BCUT2D eigenvalue weighted by Gasteiger charge is -2.05. The molecule has 86 valence electrons. The molecule has 0 aliphatic rings. The standard InChI is InChI=1S/C14H19NO/c1-2-3-11-16-12-7-10-15-13-14-8-5-4-6-9-14/h1,4-6,8-9,15H,3,7,10-13H2. The molecule has 1 rings (SSSR count). The summed E-state index contributed by atoms with van der Waals surface area (Å²) in [5.74, 6) is 2.55. The summed E-state index contributed by atoms with van der Waals surface area (Å²) >= 11 is 0. The number of benzene rings is 1. The largest absolute Gasteiger partial charge is 0.380 e. The maximum Gasteiger partial charge on any atom is 0.0575 e. The number of hydrogen-bond donors (Lipinski definition) is 1. The average molecular weight is 217 g/mol. The van der Waals surface area contributed by atoms with E-state index in [-0.39, 0.29) is 0 Å². The first kappa shape index (κ1) is 12.8. The smallest absolute Gasteiger partial charge is 0.0575 e. The summed E-state index contributed by atoms with van der Waals surface area (Å²) in [5.41, 5.74) is 1.32. The Balaban J connectivity index is 1.91. The van der Waals surface area contributed by atoms with Crippen molar-refractivity contribution in [1.29, 1.82) is 0 Å². The van der Waals surface area contributed by atoms with Crippen molar-refractivity contribution in [1.82, 2.24) is 5.32 Å². The normalized spacial score (nSPS) is 9.94. The van der Waals surface area contributed by atoms with Crippen LogP contribution in [-0.4, -0.2) is 19.8 Å². The van der Waals surface area contributed by atoms with Crippen LogP contribution in [0.5, 0.6) is 0 Å². The highest BCUT2D eigenvalue weighted by molar-refractivity contribution is 5.14. The van der Waals surface area contributed by atoms with Crippen molar-refractivity contribution in [2.45, 2.75) is 19.4 Å². The molecule has 0 radical (unpaired) electrons. The molecule has 0 atom stereocenters. The molecular weight excluding hydrogens is 198 g/mol. The maximum atomic E-state index is 5.34. The van der Waals surface area contributed by atoms with Gasteiger partial charge in [0.15, 0.2) is 0 Å². The van der Waals surface area contributed by atoms with Crippen LogP contribution < -0.4 is 5.32 Å². The fourth-order valence-electron chi connectivity index (χ4n) is 1.36. The molecule has 0 aliphatic heterocycles. The lowest BCUT2D eigenvalue weighted by molar-refractivity contribution is 0.137. The van der Waals surface area contributed by atoms with Crippen molar-refractivity contribution in [3.05, 3.63) is 35.9 Å².